The summed E-state index contributed by atoms with van der Waals surface area (Å²) in [4.78, 5) is 0.576. The predicted molar refractivity (Wildman–Crippen MR) is 19.1 cm³/mol. The van der Waals surface area contributed by atoms with Crippen LogP contribution < -0.4 is 4.94 Å². The van der Waals surface area contributed by atoms with Gasteiger partial charge in [0.2, 0.25) is 10.0 Å². The summed E-state index contributed by atoms with van der Waals surface area (Å²) in [6, 6.07) is 0. The van der Waals surface area contributed by atoms with Crippen LogP contribution in [0.25, 0.3) is 0 Å². The minimum atomic E-state index is -3.58. The van der Waals surface area contributed by atoms with Crippen molar-refractivity contribution in [1.82, 2.24) is 4.94 Å². The van der Waals surface area contributed by atoms with E-state index < -0.39 is 10.0 Å². The zero-order valence-electron chi connectivity index (χ0n) is 3.10. The minimum absolute atomic E-state index is 0.576. The summed E-state index contributed by atoms with van der Waals surface area (Å²) in [6.45, 7) is 0. The molecule has 5 heteroatoms. The normalized spacial score (nSPS) is 11.7. The Morgan fingerprint density at radius 3 is 1.83 bits per heavy atom. The lowest BCUT2D eigenvalue weighted by atomic mass is 12.0. The van der Waals surface area contributed by atoms with E-state index in [1.807, 2.05) is 0 Å². The van der Waals surface area contributed by atoms with Gasteiger partial charge in [0.1, 0.15) is 0 Å². The fraction of sp³-hybridized carbons (Fsp3) is 1.00. The van der Waals surface area contributed by atoms with Crippen LogP contribution in [0.15, 0.2) is 0 Å². The second-order valence-corrected chi connectivity index (χ2v) is 2.55. The third-order valence-electron chi connectivity index (χ3n) is 0.140. The summed E-state index contributed by atoms with van der Waals surface area (Å²) in [7, 11) is -3.58. The SMILES string of the molecule is CS(=O)(=O)NF. The van der Waals surface area contributed by atoms with Gasteiger partial charge in [0, 0.05) is 0 Å². The Kier molecular flexibility index (Phi) is 1.48. The van der Waals surface area contributed by atoms with E-state index in [1.54, 1.807) is 0 Å². The van der Waals surface area contributed by atoms with Gasteiger partial charge in [0.25, 0.3) is 0 Å². The summed E-state index contributed by atoms with van der Waals surface area (Å²) >= 11 is 0. The smallest absolute Gasteiger partial charge is 0.210 e. The van der Waals surface area contributed by atoms with Gasteiger partial charge in [-0.15, -0.1) is 4.48 Å². The molecule has 3 nitrogen and oxygen atoms in total. The summed E-state index contributed by atoms with van der Waals surface area (Å²) < 4.78 is 29.7. The molecule has 0 radical (unpaired) electrons. The van der Waals surface area contributed by atoms with Crippen molar-refractivity contribution in [1.29, 1.82) is 0 Å². The van der Waals surface area contributed by atoms with Gasteiger partial charge >= 0.3 is 0 Å². The molecule has 0 bridgehead atoms. The van der Waals surface area contributed by atoms with E-state index in [4.69, 9.17) is 0 Å². The van der Waals surface area contributed by atoms with E-state index in [-0.39, 0.29) is 0 Å². The molecule has 6 heavy (non-hydrogen) atoms. The van der Waals surface area contributed by atoms with Gasteiger partial charge in [-0.05, 0) is 0 Å². The summed E-state index contributed by atoms with van der Waals surface area (Å²) in [5, 5.41) is 0. The average molecular weight is 113 g/mol. The number of hydrogen-bond acceptors (Lipinski definition) is 2. The first kappa shape index (κ1) is 5.84. The molecule has 0 fully saturated rings. The Hall–Kier alpha value is -0.160. The highest BCUT2D eigenvalue weighted by molar-refractivity contribution is 7.88. The first-order valence-corrected chi connectivity index (χ1v) is 3.03. The fourth-order valence-electron chi connectivity index (χ4n) is 0. The van der Waals surface area contributed by atoms with E-state index in [0.29, 0.717) is 4.94 Å². The lowest BCUT2D eigenvalue weighted by molar-refractivity contribution is 0.428. The molecule has 0 aliphatic heterocycles. The molecule has 0 aromatic carbocycles. The van der Waals surface area contributed by atoms with Crippen LogP contribution in [-0.4, -0.2) is 14.7 Å². The van der Waals surface area contributed by atoms with E-state index >= 15 is 0 Å². The molecule has 0 rings (SSSR count). The van der Waals surface area contributed by atoms with Crippen LogP contribution in [0.1, 0.15) is 0 Å². The molecule has 0 amide bonds. The highest BCUT2D eigenvalue weighted by Crippen LogP contribution is 1.67. The van der Waals surface area contributed by atoms with Crippen LogP contribution in [-0.2, 0) is 10.0 Å². The van der Waals surface area contributed by atoms with Crippen molar-refractivity contribution >= 4 is 10.0 Å². The Morgan fingerprint density at radius 1 is 1.67 bits per heavy atom. The molecule has 0 aromatic heterocycles. The van der Waals surface area contributed by atoms with Crippen molar-refractivity contribution in [3.05, 3.63) is 0 Å². The zero-order valence-corrected chi connectivity index (χ0v) is 3.92. The number of nitrogens with one attached hydrogen (secondary N) is 1. The van der Waals surface area contributed by atoms with Crippen molar-refractivity contribution in [2.24, 2.45) is 0 Å². The highest BCUT2D eigenvalue weighted by Gasteiger charge is 1.92. The molecular weight excluding hydrogens is 109 g/mol. The first-order valence-electron chi connectivity index (χ1n) is 1.13. The summed E-state index contributed by atoms with van der Waals surface area (Å²) in [6.07, 6.45) is 0.729. The second kappa shape index (κ2) is 1.53. The monoisotopic (exact) mass is 113 g/mol. The van der Waals surface area contributed by atoms with Crippen molar-refractivity contribution in [3.8, 4) is 0 Å². The Balaban J connectivity index is 3.85. The van der Waals surface area contributed by atoms with Gasteiger partial charge < -0.3 is 0 Å². The van der Waals surface area contributed by atoms with E-state index in [0.717, 1.165) is 6.26 Å². The standard InChI is InChI=1S/CH4FNO2S/c1-6(4,5)3-2/h3H,1H3. The molecule has 38 valence electrons. The Bertz CT molecular complexity index is 116. The molecular formula is CH4FNO2S. The molecule has 1 N–H and O–H groups in total. The van der Waals surface area contributed by atoms with Crippen molar-refractivity contribution in [2.45, 2.75) is 0 Å². The van der Waals surface area contributed by atoms with Crippen LogP contribution >= 0.6 is 0 Å². The summed E-state index contributed by atoms with van der Waals surface area (Å²) in [5.74, 6) is 0. The van der Waals surface area contributed by atoms with E-state index in [2.05, 4.69) is 0 Å². The topological polar surface area (TPSA) is 46.2 Å². The first-order chi connectivity index (χ1) is 2.56. The van der Waals surface area contributed by atoms with Gasteiger partial charge in [-0.25, -0.2) is 8.42 Å². The molecule has 0 unspecified atom stereocenters. The maximum Gasteiger partial charge on any atom is 0.234 e. The third kappa shape index (κ3) is 3.84. The molecule has 0 saturated carbocycles. The third-order valence-corrected chi connectivity index (χ3v) is 0.420. The van der Waals surface area contributed by atoms with Crippen molar-refractivity contribution < 1.29 is 12.9 Å². The molecule has 0 aromatic rings. The Morgan fingerprint density at radius 2 is 1.83 bits per heavy atom. The number of halogens is 1. The van der Waals surface area contributed by atoms with Crippen LogP contribution in [0, 0.1) is 0 Å². The maximum atomic E-state index is 10.7. The van der Waals surface area contributed by atoms with Crippen molar-refractivity contribution in [3.63, 3.8) is 0 Å². The fourth-order valence-corrected chi connectivity index (χ4v) is 0. The molecule has 0 aliphatic rings. The Labute approximate surface area is 35.2 Å². The van der Waals surface area contributed by atoms with Crippen molar-refractivity contribution in [2.75, 3.05) is 6.26 Å². The zero-order chi connectivity index (χ0) is 5.21. The van der Waals surface area contributed by atoms with Crippen LogP contribution in [0.2, 0.25) is 0 Å². The second-order valence-electron chi connectivity index (χ2n) is 0.849. The van der Waals surface area contributed by atoms with E-state index in [9.17, 15) is 12.9 Å². The van der Waals surface area contributed by atoms with Gasteiger partial charge in [0.05, 0.1) is 6.26 Å². The molecule has 0 heterocycles. The summed E-state index contributed by atoms with van der Waals surface area (Å²) in [5.41, 5.74) is 0. The van der Waals surface area contributed by atoms with Crippen LogP contribution in [0.5, 0.6) is 0 Å². The minimum Gasteiger partial charge on any atom is -0.210 e. The average Bonchev–Trinajstić information content (AvgIpc) is 1.35. The quantitative estimate of drug-likeness (QED) is 0.462. The molecule has 0 spiro atoms. The highest BCUT2D eigenvalue weighted by atomic mass is 32.2. The number of sulfonamides is 1. The largest absolute Gasteiger partial charge is 0.234 e. The van der Waals surface area contributed by atoms with Gasteiger partial charge in [-0.1, -0.05) is 4.94 Å². The molecule has 0 aliphatic carbocycles. The number of hydrogen-bond donors (Lipinski definition) is 1. The lowest BCUT2D eigenvalue weighted by Gasteiger charge is -1.80. The number of rotatable bonds is 1. The van der Waals surface area contributed by atoms with Crippen LogP contribution in [0.3, 0.4) is 0 Å². The van der Waals surface area contributed by atoms with Gasteiger partial charge in [0.15, 0.2) is 0 Å². The maximum absolute atomic E-state index is 10.7. The molecule has 0 atom stereocenters. The van der Waals surface area contributed by atoms with Gasteiger partial charge in [-0.3, -0.25) is 0 Å². The molecule has 0 saturated heterocycles. The lowest BCUT2D eigenvalue weighted by Crippen LogP contribution is -2.10. The predicted octanol–water partition coefficient (Wildman–Crippen LogP) is -0.580. The van der Waals surface area contributed by atoms with E-state index in [1.165, 1.54) is 0 Å². The van der Waals surface area contributed by atoms with Crippen LogP contribution in [0.4, 0.5) is 4.48 Å². The van der Waals surface area contributed by atoms with Gasteiger partial charge in [-0.2, -0.15) is 0 Å².